The molecule has 0 aliphatic carbocycles. The first-order chi connectivity index (χ1) is 19.1. The summed E-state index contributed by atoms with van der Waals surface area (Å²) >= 11 is 0. The first kappa shape index (κ1) is 31.3. The fourth-order valence-electron chi connectivity index (χ4n) is 4.60. The van der Waals surface area contributed by atoms with Crippen LogP contribution in [0.25, 0.3) is 0 Å². The number of amides is 2. The molecule has 2 aromatic carbocycles. The van der Waals surface area contributed by atoms with Crippen LogP contribution in [0.2, 0.25) is 0 Å². The third kappa shape index (κ3) is 9.17. The van der Waals surface area contributed by atoms with Crippen LogP contribution in [0, 0.1) is 17.9 Å². The number of carbonyl (C=O) groups excluding carboxylic acids is 2. The van der Waals surface area contributed by atoms with Crippen LogP contribution in [0.5, 0.6) is 0 Å². The molecule has 0 radical (unpaired) electrons. The van der Waals surface area contributed by atoms with Gasteiger partial charge in [-0.3, -0.25) is 14.9 Å². The number of nitrogens with one attached hydrogen (secondary N) is 3. The Labute approximate surface area is 237 Å². The molecular weight excluding hydrogens is 528 g/mol. The first-order valence-electron chi connectivity index (χ1n) is 13.7. The first-order valence-corrected chi connectivity index (χ1v) is 15.2. The van der Waals surface area contributed by atoms with Gasteiger partial charge in [-0.2, -0.15) is 4.31 Å². The number of nitrogens with zero attached hydrogens (tertiary/aromatic N) is 1. The smallest absolute Gasteiger partial charge is 0.248 e. The third-order valence-corrected chi connectivity index (χ3v) is 8.57. The van der Waals surface area contributed by atoms with Gasteiger partial charge in [-0.05, 0) is 43.0 Å². The van der Waals surface area contributed by atoms with Gasteiger partial charge in [0.1, 0.15) is 5.72 Å². The Morgan fingerprint density at radius 1 is 1.12 bits per heavy atom. The van der Waals surface area contributed by atoms with Crippen LogP contribution in [-0.2, 0) is 26.0 Å². The zero-order valence-electron chi connectivity index (χ0n) is 23.2. The molecule has 1 aliphatic heterocycles. The number of rotatable bonds is 13. The highest BCUT2D eigenvalue weighted by atomic mass is 32.2. The number of hydrogen-bond acceptors (Lipinski definition) is 6. The van der Waals surface area contributed by atoms with Crippen LogP contribution in [0.1, 0.15) is 51.5 Å². The van der Waals surface area contributed by atoms with Crippen molar-refractivity contribution in [2.45, 2.75) is 69.0 Å². The van der Waals surface area contributed by atoms with Gasteiger partial charge >= 0.3 is 0 Å². The van der Waals surface area contributed by atoms with Crippen LogP contribution in [0.15, 0.2) is 65.6 Å². The van der Waals surface area contributed by atoms with Crippen molar-refractivity contribution in [3.8, 4) is 12.0 Å². The Morgan fingerprint density at radius 3 is 2.42 bits per heavy atom. The molecule has 0 saturated carbocycles. The zero-order chi connectivity index (χ0) is 29.0. The van der Waals surface area contributed by atoms with Gasteiger partial charge in [0.05, 0.1) is 10.9 Å². The number of sulfonamides is 1. The van der Waals surface area contributed by atoms with Gasteiger partial charge in [0.25, 0.3) is 0 Å². The van der Waals surface area contributed by atoms with E-state index < -0.39 is 15.7 Å². The van der Waals surface area contributed by atoms with Gasteiger partial charge in [-0.15, -0.1) is 0 Å². The second-order valence-electron chi connectivity index (χ2n) is 10.4. The van der Waals surface area contributed by atoms with E-state index in [1.165, 1.54) is 16.4 Å². The van der Waals surface area contributed by atoms with E-state index in [0.29, 0.717) is 0 Å². The minimum Gasteiger partial charge on any atom is -0.374 e. The van der Waals surface area contributed by atoms with Crippen molar-refractivity contribution >= 4 is 21.8 Å². The highest BCUT2D eigenvalue weighted by molar-refractivity contribution is 7.89. The Bertz CT molecular complexity index is 1270. The minimum atomic E-state index is -4.05. The summed E-state index contributed by atoms with van der Waals surface area (Å²) < 4.78 is 28.7. The predicted octanol–water partition coefficient (Wildman–Crippen LogP) is 2.38. The summed E-state index contributed by atoms with van der Waals surface area (Å²) in [5.74, 6) is 2.28. The minimum absolute atomic E-state index is 0.0114. The molecule has 0 bridgehead atoms. The molecule has 2 unspecified atom stereocenters. The molecule has 40 heavy (non-hydrogen) atoms. The maximum Gasteiger partial charge on any atom is 0.248 e. The molecule has 4 N–H and O–H groups in total. The van der Waals surface area contributed by atoms with Gasteiger partial charge < -0.3 is 15.7 Å². The van der Waals surface area contributed by atoms with E-state index in [0.717, 1.165) is 24.9 Å². The van der Waals surface area contributed by atoms with E-state index in [4.69, 9.17) is 0 Å². The van der Waals surface area contributed by atoms with E-state index in [1.54, 1.807) is 18.2 Å². The van der Waals surface area contributed by atoms with Gasteiger partial charge in [0.15, 0.2) is 0 Å². The fraction of sp³-hybridized carbons (Fsp3) is 0.467. The molecule has 1 aliphatic rings. The molecule has 9 nitrogen and oxygen atoms in total. The average molecular weight is 569 g/mol. The molecule has 10 heteroatoms. The zero-order valence-corrected chi connectivity index (χ0v) is 24.0. The summed E-state index contributed by atoms with van der Waals surface area (Å²) in [6.07, 6.45) is 2.15. The molecule has 0 spiro atoms. The summed E-state index contributed by atoms with van der Waals surface area (Å²) in [6, 6.07) is 19.7. The van der Waals surface area contributed by atoms with E-state index in [1.807, 2.05) is 44.2 Å². The quantitative estimate of drug-likeness (QED) is 0.167. The Kier molecular flexibility index (Phi) is 11.7. The Morgan fingerprint density at radius 2 is 1.80 bits per heavy atom. The van der Waals surface area contributed by atoms with E-state index in [9.17, 15) is 23.1 Å². The maximum absolute atomic E-state index is 13.8. The molecule has 2 amide bonds. The average Bonchev–Trinajstić information content (AvgIpc) is 3.48. The molecule has 2 atom stereocenters. The van der Waals surface area contributed by atoms with E-state index in [2.05, 4.69) is 27.9 Å². The summed E-state index contributed by atoms with van der Waals surface area (Å²) in [5, 5.41) is 20.4. The van der Waals surface area contributed by atoms with E-state index in [-0.39, 0.29) is 67.4 Å². The molecule has 1 fully saturated rings. The van der Waals surface area contributed by atoms with Crippen LogP contribution >= 0.6 is 0 Å². The highest BCUT2D eigenvalue weighted by Crippen LogP contribution is 2.30. The highest BCUT2D eigenvalue weighted by Gasteiger charge is 2.43. The third-order valence-electron chi connectivity index (χ3n) is 6.63. The Hall–Kier alpha value is -3.23. The molecule has 1 saturated heterocycles. The van der Waals surface area contributed by atoms with Gasteiger partial charge in [-0.1, -0.05) is 68.3 Å². The lowest BCUT2D eigenvalue weighted by molar-refractivity contribution is -0.122. The number of aliphatic hydroxyl groups is 1. The standard InChI is InChI=1S/C30H40N4O5S/c1-24(2)23-34(40(38,39)26-14-7-4-8-15-26)30(37,22-25-12-5-3-6-13-25)18-21-32-28(35)17-9-10-19-33-29(36)27-16-11-20-31-27/h3-8,12-15,24,27,31,37H,9,11,16-18,20-23H2,1-2H3,(H,32,35)(H,33,36). The van der Waals surface area contributed by atoms with Crippen molar-refractivity contribution in [3.05, 3.63) is 66.2 Å². The monoisotopic (exact) mass is 568 g/mol. The normalized spacial score (nSPS) is 16.7. The van der Waals surface area contributed by atoms with Crippen molar-refractivity contribution < 1.29 is 23.1 Å². The van der Waals surface area contributed by atoms with Crippen LogP contribution in [-0.4, -0.2) is 61.0 Å². The maximum atomic E-state index is 13.8. The summed E-state index contributed by atoms with van der Waals surface area (Å²) in [4.78, 5) is 24.5. The lowest BCUT2D eigenvalue weighted by atomic mass is 9.98. The predicted molar refractivity (Wildman–Crippen MR) is 154 cm³/mol. The number of hydrogen-bond donors (Lipinski definition) is 4. The second kappa shape index (κ2) is 15.0. The van der Waals surface area contributed by atoms with Crippen LogP contribution < -0.4 is 16.0 Å². The summed E-state index contributed by atoms with van der Waals surface area (Å²) in [6.45, 7) is 4.78. The summed E-state index contributed by atoms with van der Waals surface area (Å²) in [7, 11) is -4.05. The molecule has 0 aromatic heterocycles. The van der Waals surface area contributed by atoms with Crippen molar-refractivity contribution in [2.24, 2.45) is 5.92 Å². The largest absolute Gasteiger partial charge is 0.374 e. The lowest BCUT2D eigenvalue weighted by Gasteiger charge is -2.40. The van der Waals surface area contributed by atoms with Crippen molar-refractivity contribution in [1.29, 1.82) is 0 Å². The van der Waals surface area contributed by atoms with Gasteiger partial charge in [0.2, 0.25) is 21.8 Å². The van der Waals surface area contributed by atoms with Gasteiger partial charge in [-0.25, -0.2) is 8.42 Å². The van der Waals surface area contributed by atoms with Crippen molar-refractivity contribution in [2.75, 3.05) is 19.6 Å². The van der Waals surface area contributed by atoms with Crippen molar-refractivity contribution in [3.63, 3.8) is 0 Å². The lowest BCUT2D eigenvalue weighted by Crippen LogP contribution is -2.55. The molecule has 2 aromatic rings. The Balaban J connectivity index is 1.67. The second-order valence-corrected chi connectivity index (χ2v) is 12.3. The molecular formula is C30H40N4O5S. The van der Waals surface area contributed by atoms with E-state index >= 15 is 0 Å². The van der Waals surface area contributed by atoms with Crippen LogP contribution in [0.3, 0.4) is 0 Å². The van der Waals surface area contributed by atoms with Crippen molar-refractivity contribution in [1.82, 2.24) is 20.3 Å². The summed E-state index contributed by atoms with van der Waals surface area (Å²) in [5.41, 5.74) is -1.01. The topological polar surface area (TPSA) is 128 Å². The number of carbonyl (C=O) groups is 2. The fourth-order valence-corrected chi connectivity index (χ4v) is 6.45. The molecule has 3 rings (SSSR count). The molecule has 1 heterocycles. The van der Waals surface area contributed by atoms with Gasteiger partial charge in [0, 0.05) is 44.8 Å². The number of benzene rings is 2. The molecule has 216 valence electrons. The SMILES string of the molecule is CC(C)CN(C(O)(CCNC(=O)CCC#CNC(=O)C1CCCN1)Cc1ccccc1)S(=O)(=O)c1ccccc1. The van der Waals surface area contributed by atoms with Crippen LogP contribution in [0.4, 0.5) is 0 Å².